The molecule has 0 aromatic heterocycles. The summed E-state index contributed by atoms with van der Waals surface area (Å²) in [6, 6.07) is 0. The maximum atomic E-state index is 8.58. The molecule has 68 valence electrons. The Bertz CT molecular complexity index is 80.8. The largest absolute Gasteiger partial charge is 0.396 e. The Morgan fingerprint density at radius 1 is 1.64 bits per heavy atom. The van der Waals surface area contributed by atoms with Crippen LogP contribution in [0, 0.1) is 0 Å². The molecule has 4 N–H and O–H groups in total. The lowest BCUT2D eigenvalue weighted by Crippen LogP contribution is -2.30. The predicted molar refractivity (Wildman–Crippen MR) is 44.2 cm³/mol. The van der Waals surface area contributed by atoms with Gasteiger partial charge in [0.15, 0.2) is 0 Å². The fraction of sp³-hybridized carbons (Fsp3) is 1.00. The van der Waals surface area contributed by atoms with E-state index in [0.717, 1.165) is 6.42 Å². The second-order valence-electron chi connectivity index (χ2n) is 2.30. The van der Waals surface area contributed by atoms with Gasteiger partial charge in [-0.2, -0.15) is 0 Å². The average molecular weight is 162 g/mol. The van der Waals surface area contributed by atoms with E-state index in [1.165, 1.54) is 0 Å². The summed E-state index contributed by atoms with van der Waals surface area (Å²) in [7, 11) is 1.81. The fourth-order valence-electron chi connectivity index (χ4n) is 0.737. The first-order chi connectivity index (χ1) is 5.35. The Morgan fingerprint density at radius 2 is 2.36 bits per heavy atom. The van der Waals surface area contributed by atoms with Crippen LogP contribution in [0.2, 0.25) is 0 Å². The summed E-state index contributed by atoms with van der Waals surface area (Å²) in [5.41, 5.74) is 5.28. The van der Waals surface area contributed by atoms with Crippen molar-refractivity contribution in [3.63, 3.8) is 0 Å². The molecule has 1 unspecified atom stereocenters. The number of aliphatic hydroxyl groups excluding tert-OH is 1. The van der Waals surface area contributed by atoms with Crippen LogP contribution >= 0.6 is 0 Å². The quantitative estimate of drug-likeness (QED) is 0.341. The van der Waals surface area contributed by atoms with Crippen molar-refractivity contribution >= 4 is 0 Å². The van der Waals surface area contributed by atoms with Gasteiger partial charge in [0, 0.05) is 19.6 Å². The molecule has 0 aromatic carbocycles. The van der Waals surface area contributed by atoms with Gasteiger partial charge in [-0.1, -0.05) is 0 Å². The average Bonchev–Trinajstić information content (AvgIpc) is 2.03. The summed E-state index contributed by atoms with van der Waals surface area (Å²) in [5, 5.41) is 11.5. The van der Waals surface area contributed by atoms with Crippen LogP contribution in [0.25, 0.3) is 0 Å². The van der Waals surface area contributed by atoms with E-state index in [1.807, 2.05) is 7.05 Å². The lowest BCUT2D eigenvalue weighted by molar-refractivity contribution is 0.0182. The van der Waals surface area contributed by atoms with Crippen LogP contribution in [0.15, 0.2) is 0 Å². The van der Waals surface area contributed by atoms with Gasteiger partial charge in [0.2, 0.25) is 0 Å². The van der Waals surface area contributed by atoms with Gasteiger partial charge in [-0.15, -0.1) is 0 Å². The summed E-state index contributed by atoms with van der Waals surface area (Å²) in [6.45, 7) is 1.45. The molecule has 0 fully saturated rings. The third-order valence-electron chi connectivity index (χ3n) is 1.38. The maximum absolute atomic E-state index is 8.58. The van der Waals surface area contributed by atoms with E-state index >= 15 is 0 Å². The fourth-order valence-corrected chi connectivity index (χ4v) is 0.737. The molecule has 0 saturated carbocycles. The molecular formula is C7H18N2O2. The third kappa shape index (κ3) is 6.25. The van der Waals surface area contributed by atoms with Crippen molar-refractivity contribution < 1.29 is 9.84 Å². The Balaban J connectivity index is 3.20. The standard InChI is InChI=1S/C7H18N2O2/c1-9-7(3-5-10)11-6-2-4-8/h7,9-10H,2-6,8H2,1H3. The lowest BCUT2D eigenvalue weighted by Gasteiger charge is -2.15. The molecule has 0 radical (unpaired) electrons. The summed E-state index contributed by atoms with van der Waals surface area (Å²) in [5.74, 6) is 0. The van der Waals surface area contributed by atoms with Crippen molar-refractivity contribution in [2.75, 3.05) is 26.8 Å². The molecule has 0 aliphatic carbocycles. The smallest absolute Gasteiger partial charge is 0.110 e. The van der Waals surface area contributed by atoms with Gasteiger partial charge in [-0.3, -0.25) is 5.32 Å². The van der Waals surface area contributed by atoms with E-state index in [4.69, 9.17) is 15.6 Å². The maximum Gasteiger partial charge on any atom is 0.110 e. The molecule has 0 rings (SSSR count). The van der Waals surface area contributed by atoms with Crippen molar-refractivity contribution in [3.8, 4) is 0 Å². The highest BCUT2D eigenvalue weighted by atomic mass is 16.5. The number of rotatable bonds is 7. The van der Waals surface area contributed by atoms with Gasteiger partial charge in [0.1, 0.15) is 6.23 Å². The zero-order chi connectivity index (χ0) is 8.53. The Labute approximate surface area is 67.7 Å². The highest BCUT2D eigenvalue weighted by molar-refractivity contribution is 4.50. The normalized spacial score (nSPS) is 13.4. The van der Waals surface area contributed by atoms with Crippen LogP contribution in [0.3, 0.4) is 0 Å². The van der Waals surface area contributed by atoms with Crippen LogP contribution in [0.1, 0.15) is 12.8 Å². The van der Waals surface area contributed by atoms with Crippen LogP contribution in [0.4, 0.5) is 0 Å². The second-order valence-corrected chi connectivity index (χ2v) is 2.30. The first-order valence-corrected chi connectivity index (χ1v) is 3.95. The van der Waals surface area contributed by atoms with Crippen LogP contribution < -0.4 is 11.1 Å². The molecule has 4 heteroatoms. The Kier molecular flexibility index (Phi) is 7.83. The minimum atomic E-state index is -0.0356. The van der Waals surface area contributed by atoms with Crippen molar-refractivity contribution in [2.45, 2.75) is 19.1 Å². The second kappa shape index (κ2) is 7.94. The van der Waals surface area contributed by atoms with Gasteiger partial charge >= 0.3 is 0 Å². The topological polar surface area (TPSA) is 67.5 Å². The molecule has 11 heavy (non-hydrogen) atoms. The van der Waals surface area contributed by atoms with Crippen molar-refractivity contribution in [1.82, 2.24) is 5.32 Å². The minimum absolute atomic E-state index is 0.0356. The third-order valence-corrected chi connectivity index (χ3v) is 1.38. The molecule has 4 nitrogen and oxygen atoms in total. The molecule has 0 spiro atoms. The predicted octanol–water partition coefficient (Wildman–Crippen LogP) is -0.720. The molecule has 1 atom stereocenters. The molecule has 0 saturated heterocycles. The molecule has 0 bridgehead atoms. The SMILES string of the molecule is CNC(CCO)OCCCN. The van der Waals surface area contributed by atoms with Crippen molar-refractivity contribution in [1.29, 1.82) is 0 Å². The molecule has 0 amide bonds. The van der Waals surface area contributed by atoms with Crippen LogP contribution in [-0.4, -0.2) is 38.1 Å². The van der Waals surface area contributed by atoms with E-state index in [9.17, 15) is 0 Å². The number of hydrogen-bond acceptors (Lipinski definition) is 4. The van der Waals surface area contributed by atoms with E-state index in [0.29, 0.717) is 19.6 Å². The Morgan fingerprint density at radius 3 is 2.82 bits per heavy atom. The number of hydrogen-bond donors (Lipinski definition) is 3. The Hall–Kier alpha value is -0.160. The summed E-state index contributed by atoms with van der Waals surface area (Å²) in [4.78, 5) is 0. The van der Waals surface area contributed by atoms with E-state index in [1.54, 1.807) is 0 Å². The molecule has 0 heterocycles. The summed E-state index contributed by atoms with van der Waals surface area (Å²) < 4.78 is 5.32. The summed E-state index contributed by atoms with van der Waals surface area (Å²) in [6.07, 6.45) is 1.46. The van der Waals surface area contributed by atoms with Crippen molar-refractivity contribution in [2.24, 2.45) is 5.73 Å². The number of nitrogens with one attached hydrogen (secondary N) is 1. The molecule has 0 aliphatic rings. The first-order valence-electron chi connectivity index (χ1n) is 3.95. The van der Waals surface area contributed by atoms with Gasteiger partial charge in [-0.05, 0) is 20.0 Å². The lowest BCUT2D eigenvalue weighted by atomic mass is 10.4. The van der Waals surface area contributed by atoms with Gasteiger partial charge in [0.05, 0.1) is 0 Å². The van der Waals surface area contributed by atoms with Gasteiger partial charge in [-0.25, -0.2) is 0 Å². The van der Waals surface area contributed by atoms with E-state index in [-0.39, 0.29) is 12.8 Å². The van der Waals surface area contributed by atoms with Crippen LogP contribution in [0.5, 0.6) is 0 Å². The zero-order valence-corrected chi connectivity index (χ0v) is 7.05. The monoisotopic (exact) mass is 162 g/mol. The van der Waals surface area contributed by atoms with Gasteiger partial charge in [0.25, 0.3) is 0 Å². The van der Waals surface area contributed by atoms with Gasteiger partial charge < -0.3 is 15.6 Å². The molecular weight excluding hydrogens is 144 g/mol. The highest BCUT2D eigenvalue weighted by Crippen LogP contribution is 1.93. The minimum Gasteiger partial charge on any atom is -0.396 e. The number of nitrogens with two attached hydrogens (primary N) is 1. The van der Waals surface area contributed by atoms with Crippen molar-refractivity contribution in [3.05, 3.63) is 0 Å². The van der Waals surface area contributed by atoms with E-state index in [2.05, 4.69) is 5.32 Å². The number of aliphatic hydroxyl groups is 1. The molecule has 0 aliphatic heterocycles. The highest BCUT2D eigenvalue weighted by Gasteiger charge is 2.02. The zero-order valence-electron chi connectivity index (χ0n) is 7.05. The summed E-state index contributed by atoms with van der Waals surface area (Å²) >= 11 is 0. The number of ether oxygens (including phenoxy) is 1. The first kappa shape index (κ1) is 10.8. The van der Waals surface area contributed by atoms with Crippen LogP contribution in [-0.2, 0) is 4.74 Å². The molecule has 0 aromatic rings. The van der Waals surface area contributed by atoms with E-state index < -0.39 is 0 Å².